The number of rotatable bonds is 21. The summed E-state index contributed by atoms with van der Waals surface area (Å²) in [4.78, 5) is 0. The van der Waals surface area contributed by atoms with Crippen molar-refractivity contribution in [1.29, 1.82) is 0 Å². The maximum Gasteiger partial charge on any atom is 0.139 e. The molecule has 0 radical (unpaired) electrons. The van der Waals surface area contributed by atoms with Gasteiger partial charge in [-0.05, 0) is 306 Å². The van der Waals surface area contributed by atoms with Gasteiger partial charge in [-0.3, -0.25) is 0 Å². The maximum absolute atomic E-state index is 10.7. The molecular weight excluding hydrogens is 1370 g/mol. The number of allylic oxidation sites excluding steroid dienone is 4. The Hall–Kier alpha value is -8.50. The summed E-state index contributed by atoms with van der Waals surface area (Å²) in [6.07, 6.45) is 27.3. The van der Waals surface area contributed by atoms with Crippen LogP contribution in [-0.2, 0) is 32.1 Å². The summed E-state index contributed by atoms with van der Waals surface area (Å²) in [6, 6.07) is 28.6. The minimum atomic E-state index is -0.0852. The normalized spacial score (nSPS) is 22.3. The van der Waals surface area contributed by atoms with E-state index in [-0.39, 0.29) is 16.8 Å². The number of aryl methyl sites for hydroxylation is 7. The van der Waals surface area contributed by atoms with Crippen LogP contribution in [0.15, 0.2) is 137 Å². The Balaban J connectivity index is 0.000000137. The lowest BCUT2D eigenvalue weighted by molar-refractivity contribution is 0.00594. The zero-order valence-electron chi connectivity index (χ0n) is 70.4. The molecule has 9 aromatic rings. The Morgan fingerprint density at radius 1 is 0.405 bits per heavy atom. The molecule has 3 saturated carbocycles. The van der Waals surface area contributed by atoms with Gasteiger partial charge in [0.05, 0.1) is 10.8 Å². The van der Waals surface area contributed by atoms with Gasteiger partial charge < -0.3 is 48.6 Å². The van der Waals surface area contributed by atoms with Crippen LogP contribution in [0, 0.1) is 31.6 Å². The van der Waals surface area contributed by atoms with Crippen LogP contribution in [0.4, 0.5) is 0 Å². The predicted molar refractivity (Wildman–Crippen MR) is 463 cm³/mol. The van der Waals surface area contributed by atoms with E-state index in [0.717, 1.165) is 227 Å². The summed E-state index contributed by atoms with van der Waals surface area (Å²) in [7, 11) is 0. The summed E-state index contributed by atoms with van der Waals surface area (Å²) in [5.41, 5.74) is 21.1. The average molecular weight is 1510 g/mol. The van der Waals surface area contributed by atoms with Crippen molar-refractivity contribution >= 4 is 49.5 Å². The third kappa shape index (κ3) is 18.3. The minimum Gasteiger partial charge on any atom is -0.508 e. The molecule has 5 N–H and O–H groups in total. The fraction of sp³-hybridized carbons (Fsp3) is 0.505. The van der Waals surface area contributed by atoms with Gasteiger partial charge in [-0.1, -0.05) is 173 Å². The maximum atomic E-state index is 10.7. The number of furan rings is 2. The van der Waals surface area contributed by atoms with Crippen molar-refractivity contribution in [1.82, 2.24) is 0 Å². The lowest BCUT2D eigenvalue weighted by Gasteiger charge is -2.48. The van der Waals surface area contributed by atoms with Crippen LogP contribution in [0.2, 0.25) is 0 Å². The smallest absolute Gasteiger partial charge is 0.139 e. The predicted octanol–water partition coefficient (Wildman–Crippen LogP) is 28.5. The van der Waals surface area contributed by atoms with E-state index in [2.05, 4.69) is 172 Å². The number of aromatic hydroxyl groups is 5. The van der Waals surface area contributed by atoms with Crippen LogP contribution in [0.5, 0.6) is 46.0 Å². The van der Waals surface area contributed by atoms with E-state index in [1.165, 1.54) is 83.9 Å². The van der Waals surface area contributed by atoms with Crippen LogP contribution in [0.1, 0.15) is 316 Å². The van der Waals surface area contributed by atoms with E-state index in [0.29, 0.717) is 70.2 Å². The van der Waals surface area contributed by atoms with Crippen molar-refractivity contribution < 1.29 is 48.6 Å². The van der Waals surface area contributed by atoms with Crippen molar-refractivity contribution in [3.05, 3.63) is 195 Å². The Morgan fingerprint density at radius 3 is 1.06 bits per heavy atom. The molecule has 111 heavy (non-hydrogen) atoms. The number of unbranched alkanes of at least 4 members (excludes halogenated alkanes) is 6. The van der Waals surface area contributed by atoms with Crippen LogP contribution in [0.25, 0.3) is 49.5 Å². The fourth-order valence-corrected chi connectivity index (χ4v) is 19.5. The van der Waals surface area contributed by atoms with E-state index in [4.69, 9.17) is 23.0 Å². The van der Waals surface area contributed by atoms with Crippen molar-refractivity contribution in [3.63, 3.8) is 0 Å². The molecule has 596 valence electrons. The highest BCUT2D eigenvalue weighted by molar-refractivity contribution is 6.14. The van der Waals surface area contributed by atoms with Crippen molar-refractivity contribution in [2.45, 2.75) is 312 Å². The highest BCUT2D eigenvalue weighted by Gasteiger charge is 2.49. The molecule has 10 nitrogen and oxygen atoms in total. The molecule has 7 aromatic carbocycles. The molecule has 0 amide bonds. The first-order valence-corrected chi connectivity index (χ1v) is 42.5. The second kappa shape index (κ2) is 35.3. The van der Waals surface area contributed by atoms with Gasteiger partial charge in [-0.25, -0.2) is 0 Å². The van der Waals surface area contributed by atoms with Gasteiger partial charge in [0.1, 0.15) is 85.1 Å². The number of phenolic OH excluding ortho intramolecular Hbond substituents is 5. The van der Waals surface area contributed by atoms with Gasteiger partial charge >= 0.3 is 0 Å². The Morgan fingerprint density at radius 2 is 0.730 bits per heavy atom. The molecule has 3 aliphatic heterocycles. The van der Waals surface area contributed by atoms with Gasteiger partial charge in [-0.15, -0.1) is 0 Å². The van der Waals surface area contributed by atoms with Crippen LogP contribution < -0.4 is 14.2 Å². The van der Waals surface area contributed by atoms with Gasteiger partial charge in [-0.2, -0.15) is 0 Å². The molecule has 2 aromatic heterocycles. The van der Waals surface area contributed by atoms with Gasteiger partial charge in [0.15, 0.2) is 0 Å². The van der Waals surface area contributed by atoms with Crippen LogP contribution in [0.3, 0.4) is 0 Å². The molecule has 15 rings (SSSR count). The quantitative estimate of drug-likeness (QED) is 0.0347. The first-order valence-electron chi connectivity index (χ1n) is 42.5. The fourth-order valence-electron chi connectivity index (χ4n) is 19.5. The van der Waals surface area contributed by atoms with Crippen molar-refractivity contribution in [2.75, 3.05) is 0 Å². The first-order chi connectivity index (χ1) is 52.8. The van der Waals surface area contributed by atoms with E-state index in [1.54, 1.807) is 0 Å². The summed E-state index contributed by atoms with van der Waals surface area (Å²) >= 11 is 0. The number of ether oxygens (including phenoxy) is 3. The molecule has 6 aliphatic rings. The highest BCUT2D eigenvalue weighted by Crippen LogP contribution is 2.59. The highest BCUT2D eigenvalue weighted by atomic mass is 16.5. The number of benzene rings is 7. The van der Waals surface area contributed by atoms with Crippen molar-refractivity contribution in [2.24, 2.45) is 17.8 Å². The second-order valence-corrected chi connectivity index (χ2v) is 35.4. The Labute approximate surface area is 664 Å². The number of hydrogen-bond acceptors (Lipinski definition) is 10. The van der Waals surface area contributed by atoms with Crippen molar-refractivity contribution in [3.8, 4) is 46.0 Å². The molecule has 9 atom stereocenters. The number of phenols is 5. The topological polar surface area (TPSA) is 155 Å². The molecular formula is C101H132O10. The van der Waals surface area contributed by atoms with Gasteiger partial charge in [0, 0.05) is 45.2 Å². The standard InChI is InChI=1S/C21H30O2.C21H26O2.C21H24O2.2C19H26O2/c1-5-6-7-8-15-11-18(22)20-17-13-21(4,23-19(20)12-15)10-9-16(17)14(2)3;2*1-5-6-7-8-15-11-17(22)20-18(12-15)23-21-14(4)9-10-16(13(2)3)19(20)21;2*1-5-6-13-9-16(20)18-15-11-19(4,21-17(18)10-13)8-7-14(15)12(2)3/h11-12,16-17,22H,2,5-10,13H2,1,3-4H3;9-13,22H,5-8H2,1-4H3;9-12,22H,2,5-8H2,1,3-4H3;2*9-10,14-15,20H,2,5-8,11H2,1,3-4H3/t16-,17+,21+;;;2*14-,15+,19+/m0..00/s1. The van der Waals surface area contributed by atoms with Gasteiger partial charge in [0.2, 0.25) is 0 Å². The molecule has 3 fully saturated rings. The molecule has 0 spiro atoms. The lowest BCUT2D eigenvalue weighted by Crippen LogP contribution is -2.44. The second-order valence-electron chi connectivity index (χ2n) is 35.4. The summed E-state index contributed by atoms with van der Waals surface area (Å²) in [5, 5.41) is 56.7. The molecule has 10 heteroatoms. The Bertz CT molecular complexity index is 4770. The average Bonchev–Trinajstić information content (AvgIpc) is 1.22. The monoisotopic (exact) mass is 1500 g/mol. The molecule has 5 heterocycles. The van der Waals surface area contributed by atoms with E-state index in [9.17, 15) is 25.5 Å². The minimum absolute atomic E-state index is 0.0824. The zero-order chi connectivity index (χ0) is 80.1. The largest absolute Gasteiger partial charge is 0.508 e. The van der Waals surface area contributed by atoms with Crippen LogP contribution in [-0.4, -0.2) is 42.3 Å². The molecule has 3 aliphatic carbocycles. The lowest BCUT2D eigenvalue weighted by atomic mass is 9.65. The molecule has 0 unspecified atom stereocenters. The molecule has 6 bridgehead atoms. The number of fused-ring (bicyclic) bond motifs is 18. The van der Waals surface area contributed by atoms with E-state index in [1.807, 2.05) is 50.2 Å². The number of hydrogen-bond donors (Lipinski definition) is 5. The zero-order valence-corrected chi connectivity index (χ0v) is 70.4. The third-order valence-corrected chi connectivity index (χ3v) is 25.3. The summed E-state index contributed by atoms with van der Waals surface area (Å²) in [6.45, 7) is 51.0. The van der Waals surface area contributed by atoms with E-state index >= 15 is 0 Å². The summed E-state index contributed by atoms with van der Waals surface area (Å²) in [5.74, 6) is 7.45. The Kier molecular flexibility index (Phi) is 26.5. The SMILES string of the molecule is C=C(C)[C@@H]1CC[C@]2(C)C[C@H]1c1c(O)cc(CCC)cc1O2.C=C(C)[C@@H]1CC[C@]2(C)C[C@H]1c1c(O)cc(CCC)cc1O2.C=C(C)[C@@H]1CC[C@]2(C)C[C@H]1c1c(O)cc(CCCCC)cc1O2.C=C(C)c1ccc(C)c2oc3cc(CCCCC)cc(O)c3c12.CCCCCc1cc(O)c2c(c1)oc1c(C)ccc(C(C)C)c12. The van der Waals surface area contributed by atoms with E-state index < -0.39 is 0 Å². The summed E-state index contributed by atoms with van der Waals surface area (Å²) < 4.78 is 31.2. The molecule has 0 saturated heterocycles. The third-order valence-electron chi connectivity index (χ3n) is 25.3. The van der Waals surface area contributed by atoms with Gasteiger partial charge in [0.25, 0.3) is 0 Å². The van der Waals surface area contributed by atoms with Crippen LogP contribution >= 0.6 is 0 Å². The first kappa shape index (κ1) is 83.4.